The second-order valence-corrected chi connectivity index (χ2v) is 7.73. The average Bonchev–Trinajstić information content (AvgIpc) is 3.14. The van der Waals surface area contributed by atoms with Gasteiger partial charge >= 0.3 is 0 Å². The van der Waals surface area contributed by atoms with Crippen molar-refractivity contribution in [2.45, 2.75) is 13.3 Å². The molecule has 0 saturated carbocycles. The van der Waals surface area contributed by atoms with Crippen LogP contribution in [-0.2, 0) is 0 Å². The molecule has 0 aliphatic carbocycles. The molecule has 0 spiro atoms. The standard InChI is InChI=1S/C23H23N3O2S/c1-17-22(21(28-25-17)14-11-18-9-12-20(27-2)13-10-18)26-15-6-16-29-23(26)24-19-7-4-3-5-8-19/h3-5,7-14H,6,15-16H2,1-2H3/b14-11+,24-23?. The fraction of sp³-hybridized carbons (Fsp3) is 0.217. The molecule has 1 aliphatic rings. The predicted molar refractivity (Wildman–Crippen MR) is 121 cm³/mol. The van der Waals surface area contributed by atoms with Crippen LogP contribution in [0.15, 0.2) is 64.1 Å². The van der Waals surface area contributed by atoms with Gasteiger partial charge in [-0.25, -0.2) is 4.99 Å². The Morgan fingerprint density at radius 3 is 2.66 bits per heavy atom. The number of anilines is 1. The fourth-order valence-corrected chi connectivity index (χ4v) is 4.14. The van der Waals surface area contributed by atoms with E-state index in [1.165, 1.54) is 0 Å². The smallest absolute Gasteiger partial charge is 0.183 e. The molecule has 0 unspecified atom stereocenters. The number of rotatable bonds is 5. The fourth-order valence-electron chi connectivity index (χ4n) is 3.18. The van der Waals surface area contributed by atoms with Crippen molar-refractivity contribution in [1.82, 2.24) is 5.16 Å². The Hall–Kier alpha value is -2.99. The van der Waals surface area contributed by atoms with E-state index in [0.717, 1.165) is 58.0 Å². The number of aryl methyl sites for hydroxylation is 1. The highest BCUT2D eigenvalue weighted by atomic mass is 32.2. The van der Waals surface area contributed by atoms with E-state index in [-0.39, 0.29) is 0 Å². The van der Waals surface area contributed by atoms with Crippen molar-refractivity contribution in [3.05, 3.63) is 71.6 Å². The molecule has 4 rings (SSSR count). The molecule has 6 heteroatoms. The molecule has 0 amide bonds. The van der Waals surface area contributed by atoms with Gasteiger partial charge in [-0.2, -0.15) is 0 Å². The summed E-state index contributed by atoms with van der Waals surface area (Å²) >= 11 is 1.77. The monoisotopic (exact) mass is 405 g/mol. The van der Waals surface area contributed by atoms with Gasteiger partial charge in [0.25, 0.3) is 0 Å². The topological polar surface area (TPSA) is 50.9 Å². The van der Waals surface area contributed by atoms with Crippen molar-refractivity contribution >= 4 is 40.5 Å². The average molecular weight is 406 g/mol. The van der Waals surface area contributed by atoms with Gasteiger partial charge in [0.2, 0.25) is 0 Å². The molecule has 1 fully saturated rings. The Morgan fingerprint density at radius 1 is 1.10 bits per heavy atom. The van der Waals surface area contributed by atoms with Gasteiger partial charge in [-0.15, -0.1) is 0 Å². The quantitative estimate of drug-likeness (QED) is 0.537. The Bertz CT molecular complexity index is 1010. The maximum absolute atomic E-state index is 5.65. The zero-order valence-electron chi connectivity index (χ0n) is 16.5. The van der Waals surface area contributed by atoms with Crippen LogP contribution in [0.2, 0.25) is 0 Å². The number of benzene rings is 2. The van der Waals surface area contributed by atoms with Gasteiger partial charge in [0.15, 0.2) is 10.9 Å². The molecule has 0 N–H and O–H groups in total. The van der Waals surface area contributed by atoms with Gasteiger partial charge in [0.1, 0.15) is 17.1 Å². The number of ether oxygens (including phenoxy) is 1. The zero-order valence-corrected chi connectivity index (χ0v) is 17.4. The van der Waals surface area contributed by atoms with Crippen LogP contribution in [0.1, 0.15) is 23.4 Å². The highest BCUT2D eigenvalue weighted by molar-refractivity contribution is 8.14. The molecular formula is C23H23N3O2S. The number of hydrogen-bond donors (Lipinski definition) is 0. The van der Waals surface area contributed by atoms with E-state index in [9.17, 15) is 0 Å². The minimum absolute atomic E-state index is 0.738. The van der Waals surface area contributed by atoms with Crippen LogP contribution < -0.4 is 9.64 Å². The molecule has 0 atom stereocenters. The normalized spacial score (nSPS) is 15.9. The first-order valence-corrected chi connectivity index (χ1v) is 10.6. The van der Waals surface area contributed by atoms with Crippen molar-refractivity contribution in [3.63, 3.8) is 0 Å². The van der Waals surface area contributed by atoms with Crippen LogP contribution in [0.3, 0.4) is 0 Å². The molecule has 5 nitrogen and oxygen atoms in total. The lowest BCUT2D eigenvalue weighted by Gasteiger charge is -2.29. The maximum Gasteiger partial charge on any atom is 0.183 e. The Morgan fingerprint density at radius 2 is 1.90 bits per heavy atom. The number of nitrogens with zero attached hydrogens (tertiary/aromatic N) is 3. The molecule has 0 radical (unpaired) electrons. The summed E-state index contributed by atoms with van der Waals surface area (Å²) in [7, 11) is 1.67. The zero-order chi connectivity index (χ0) is 20.1. The van der Waals surface area contributed by atoms with Gasteiger partial charge in [-0.05, 0) is 49.2 Å². The number of aromatic nitrogens is 1. The van der Waals surface area contributed by atoms with E-state index in [2.05, 4.69) is 10.1 Å². The molecule has 1 saturated heterocycles. The SMILES string of the molecule is COc1ccc(/C=C/c2onc(C)c2N2CCCSC2=Nc2ccccc2)cc1. The third-order valence-electron chi connectivity index (χ3n) is 4.64. The summed E-state index contributed by atoms with van der Waals surface area (Å²) in [5.74, 6) is 2.64. The minimum Gasteiger partial charge on any atom is -0.497 e. The molecule has 2 heterocycles. The van der Waals surface area contributed by atoms with Crippen molar-refractivity contribution in [2.75, 3.05) is 24.3 Å². The molecular weight excluding hydrogens is 382 g/mol. The van der Waals surface area contributed by atoms with Crippen LogP contribution in [0.4, 0.5) is 11.4 Å². The van der Waals surface area contributed by atoms with Crippen molar-refractivity contribution < 1.29 is 9.26 Å². The number of aliphatic imine (C=N–C) groups is 1. The Labute approximate surface area is 175 Å². The first-order chi connectivity index (χ1) is 14.2. The molecule has 29 heavy (non-hydrogen) atoms. The molecule has 1 aliphatic heterocycles. The van der Waals surface area contributed by atoms with Crippen LogP contribution in [0, 0.1) is 6.92 Å². The van der Waals surface area contributed by atoms with Crippen LogP contribution in [-0.4, -0.2) is 29.7 Å². The number of para-hydroxylation sites is 1. The number of methoxy groups -OCH3 is 1. The molecule has 148 valence electrons. The summed E-state index contributed by atoms with van der Waals surface area (Å²) in [6.07, 6.45) is 5.08. The summed E-state index contributed by atoms with van der Waals surface area (Å²) in [5, 5.41) is 5.20. The number of amidine groups is 1. The second-order valence-electron chi connectivity index (χ2n) is 6.67. The van der Waals surface area contributed by atoms with Crippen molar-refractivity contribution in [1.29, 1.82) is 0 Å². The van der Waals surface area contributed by atoms with Gasteiger partial charge in [0, 0.05) is 12.3 Å². The maximum atomic E-state index is 5.65. The van der Waals surface area contributed by atoms with E-state index >= 15 is 0 Å². The lowest BCUT2D eigenvalue weighted by molar-refractivity contribution is 0.408. The van der Waals surface area contributed by atoms with E-state index in [4.69, 9.17) is 14.3 Å². The van der Waals surface area contributed by atoms with Crippen LogP contribution >= 0.6 is 11.8 Å². The van der Waals surface area contributed by atoms with Gasteiger partial charge in [-0.3, -0.25) is 0 Å². The molecule has 1 aromatic heterocycles. The van der Waals surface area contributed by atoms with Gasteiger partial charge in [-0.1, -0.05) is 53.3 Å². The van der Waals surface area contributed by atoms with E-state index < -0.39 is 0 Å². The predicted octanol–water partition coefficient (Wildman–Crippen LogP) is 5.79. The first-order valence-electron chi connectivity index (χ1n) is 9.57. The van der Waals surface area contributed by atoms with Gasteiger partial charge < -0.3 is 14.2 Å². The van der Waals surface area contributed by atoms with E-state index in [1.807, 2.05) is 73.7 Å². The van der Waals surface area contributed by atoms with E-state index in [1.54, 1.807) is 18.9 Å². The minimum atomic E-state index is 0.738. The lowest BCUT2D eigenvalue weighted by atomic mass is 10.2. The van der Waals surface area contributed by atoms with Gasteiger partial charge in [0.05, 0.1) is 12.8 Å². The summed E-state index contributed by atoms with van der Waals surface area (Å²) in [6.45, 7) is 2.87. The summed E-state index contributed by atoms with van der Waals surface area (Å²) in [6, 6.07) is 18.0. The largest absolute Gasteiger partial charge is 0.497 e. The third kappa shape index (κ3) is 4.54. The van der Waals surface area contributed by atoms with E-state index in [0.29, 0.717) is 0 Å². The van der Waals surface area contributed by atoms with Crippen molar-refractivity contribution in [3.8, 4) is 5.75 Å². The van der Waals surface area contributed by atoms with Crippen LogP contribution in [0.5, 0.6) is 5.75 Å². The van der Waals surface area contributed by atoms with Crippen LogP contribution in [0.25, 0.3) is 12.2 Å². The number of thioether (sulfide) groups is 1. The van der Waals surface area contributed by atoms with Crippen molar-refractivity contribution in [2.24, 2.45) is 4.99 Å². The lowest BCUT2D eigenvalue weighted by Crippen LogP contribution is -2.34. The number of hydrogen-bond acceptors (Lipinski definition) is 5. The first kappa shape index (κ1) is 19.3. The second kappa shape index (κ2) is 9.01. The highest BCUT2D eigenvalue weighted by Crippen LogP contribution is 2.33. The molecule has 2 aromatic carbocycles. The molecule has 3 aromatic rings. The highest BCUT2D eigenvalue weighted by Gasteiger charge is 2.25. The Kier molecular flexibility index (Phi) is 6.00. The summed E-state index contributed by atoms with van der Waals surface area (Å²) in [4.78, 5) is 7.10. The Balaban J connectivity index is 1.64. The third-order valence-corrected chi connectivity index (χ3v) is 5.70. The summed E-state index contributed by atoms with van der Waals surface area (Å²) < 4.78 is 10.9. The molecule has 0 bridgehead atoms. The summed E-state index contributed by atoms with van der Waals surface area (Å²) in [5.41, 5.74) is 3.86.